The Labute approximate surface area is 117 Å². The van der Waals surface area contributed by atoms with Gasteiger partial charge in [-0.2, -0.15) is 0 Å². The van der Waals surface area contributed by atoms with Gasteiger partial charge in [0.15, 0.2) is 0 Å². The molecule has 1 aliphatic carbocycles. The summed E-state index contributed by atoms with van der Waals surface area (Å²) in [6, 6.07) is 3.47. The number of hydrogen-bond donors (Lipinski definition) is 2. The summed E-state index contributed by atoms with van der Waals surface area (Å²) in [7, 11) is 0. The van der Waals surface area contributed by atoms with Crippen LogP contribution in [0.2, 0.25) is 0 Å². The van der Waals surface area contributed by atoms with Crippen LogP contribution in [0.5, 0.6) is 5.75 Å². The van der Waals surface area contributed by atoms with Crippen LogP contribution < -0.4 is 5.32 Å². The van der Waals surface area contributed by atoms with Gasteiger partial charge in [-0.25, -0.2) is 0 Å². The first kappa shape index (κ1) is 14.3. The van der Waals surface area contributed by atoms with E-state index in [9.17, 15) is 20.0 Å². The summed E-state index contributed by atoms with van der Waals surface area (Å²) in [4.78, 5) is 22.2. The minimum Gasteiger partial charge on any atom is -0.508 e. The van der Waals surface area contributed by atoms with Crippen LogP contribution in [-0.2, 0) is 0 Å². The molecule has 1 aliphatic rings. The summed E-state index contributed by atoms with van der Waals surface area (Å²) in [6.45, 7) is 0.510. The topological polar surface area (TPSA) is 92.5 Å². The van der Waals surface area contributed by atoms with Crippen molar-refractivity contribution in [2.45, 2.75) is 32.1 Å². The van der Waals surface area contributed by atoms with Gasteiger partial charge in [-0.1, -0.05) is 25.7 Å². The average molecular weight is 278 g/mol. The molecule has 0 saturated heterocycles. The Bertz CT molecular complexity index is 510. The number of phenolic OH excluding ortho intramolecular Hbond substituents is 1. The van der Waals surface area contributed by atoms with Gasteiger partial charge in [0.25, 0.3) is 11.6 Å². The van der Waals surface area contributed by atoms with Gasteiger partial charge in [0.2, 0.25) is 0 Å². The van der Waals surface area contributed by atoms with Crippen molar-refractivity contribution in [1.29, 1.82) is 0 Å². The lowest BCUT2D eigenvalue weighted by atomic mass is 10.0. The Morgan fingerprint density at radius 3 is 2.75 bits per heavy atom. The lowest BCUT2D eigenvalue weighted by molar-refractivity contribution is -0.385. The summed E-state index contributed by atoms with van der Waals surface area (Å²) in [5, 5.41) is 22.9. The molecule has 0 unspecified atom stereocenters. The highest BCUT2D eigenvalue weighted by molar-refractivity contribution is 5.98. The number of phenols is 1. The number of nitro groups is 1. The van der Waals surface area contributed by atoms with E-state index in [1.807, 2.05) is 0 Å². The van der Waals surface area contributed by atoms with Crippen molar-refractivity contribution in [3.63, 3.8) is 0 Å². The minimum absolute atomic E-state index is 0.0959. The van der Waals surface area contributed by atoms with Crippen LogP contribution >= 0.6 is 0 Å². The van der Waals surface area contributed by atoms with E-state index in [-0.39, 0.29) is 17.0 Å². The summed E-state index contributed by atoms with van der Waals surface area (Å²) in [5.41, 5.74) is -0.386. The minimum atomic E-state index is -0.620. The molecule has 2 rings (SSSR count). The monoisotopic (exact) mass is 278 g/mol. The molecule has 6 heteroatoms. The van der Waals surface area contributed by atoms with Gasteiger partial charge in [-0.15, -0.1) is 0 Å². The average Bonchev–Trinajstić information content (AvgIpc) is 2.91. The van der Waals surface area contributed by atoms with Gasteiger partial charge in [-0.05, 0) is 24.5 Å². The second-order valence-electron chi connectivity index (χ2n) is 5.15. The molecule has 0 atom stereocenters. The van der Waals surface area contributed by atoms with Crippen LogP contribution in [0.4, 0.5) is 5.69 Å². The van der Waals surface area contributed by atoms with Gasteiger partial charge >= 0.3 is 0 Å². The van der Waals surface area contributed by atoms with Crippen LogP contribution in [0.3, 0.4) is 0 Å². The molecule has 6 nitrogen and oxygen atoms in total. The molecule has 0 heterocycles. The largest absolute Gasteiger partial charge is 0.508 e. The van der Waals surface area contributed by atoms with E-state index in [2.05, 4.69) is 5.32 Å². The lowest BCUT2D eigenvalue weighted by Gasteiger charge is -2.10. The van der Waals surface area contributed by atoms with E-state index < -0.39 is 10.8 Å². The predicted molar refractivity (Wildman–Crippen MR) is 73.7 cm³/mol. The van der Waals surface area contributed by atoms with Gasteiger partial charge in [0, 0.05) is 12.6 Å². The zero-order valence-electron chi connectivity index (χ0n) is 11.2. The summed E-state index contributed by atoms with van der Waals surface area (Å²) >= 11 is 0. The highest BCUT2D eigenvalue weighted by atomic mass is 16.6. The fourth-order valence-electron chi connectivity index (χ4n) is 2.65. The first-order chi connectivity index (χ1) is 9.58. The molecule has 108 valence electrons. The van der Waals surface area contributed by atoms with Crippen molar-refractivity contribution in [3.05, 3.63) is 33.9 Å². The van der Waals surface area contributed by atoms with Gasteiger partial charge in [0.05, 0.1) is 4.92 Å². The normalized spacial score (nSPS) is 15.2. The second-order valence-corrected chi connectivity index (χ2v) is 5.15. The second kappa shape index (κ2) is 6.36. The highest BCUT2D eigenvalue weighted by Crippen LogP contribution is 2.27. The zero-order chi connectivity index (χ0) is 14.5. The van der Waals surface area contributed by atoms with Crippen LogP contribution in [-0.4, -0.2) is 22.5 Å². The standard InChI is InChI=1S/C14H18N2O4/c17-11-5-6-13(16(19)20)12(9-11)14(18)15-8-7-10-3-1-2-4-10/h5-6,9-10,17H,1-4,7-8H2,(H,15,18). The third kappa shape index (κ3) is 3.46. The quantitative estimate of drug-likeness (QED) is 0.639. The molecular weight excluding hydrogens is 260 g/mol. The van der Waals surface area contributed by atoms with E-state index in [0.717, 1.165) is 18.6 Å². The number of amides is 1. The molecule has 0 aliphatic heterocycles. The molecule has 0 radical (unpaired) electrons. The molecule has 0 bridgehead atoms. The molecule has 0 spiro atoms. The van der Waals surface area contributed by atoms with Crippen LogP contribution in [0.25, 0.3) is 0 Å². The third-order valence-corrected chi connectivity index (χ3v) is 3.73. The van der Waals surface area contributed by atoms with E-state index in [1.54, 1.807) is 0 Å². The van der Waals surface area contributed by atoms with E-state index in [4.69, 9.17) is 0 Å². The third-order valence-electron chi connectivity index (χ3n) is 3.73. The summed E-state index contributed by atoms with van der Waals surface area (Å²) < 4.78 is 0. The number of aromatic hydroxyl groups is 1. The molecule has 1 amide bonds. The number of benzene rings is 1. The van der Waals surface area contributed by atoms with Crippen molar-refractivity contribution in [2.75, 3.05) is 6.54 Å². The molecule has 1 aromatic rings. The number of nitrogens with zero attached hydrogens (tertiary/aromatic N) is 1. The summed E-state index contributed by atoms with van der Waals surface area (Å²) in [6.07, 6.45) is 5.79. The van der Waals surface area contributed by atoms with Gasteiger partial charge < -0.3 is 10.4 Å². The van der Waals surface area contributed by atoms with Crippen molar-refractivity contribution in [1.82, 2.24) is 5.32 Å². The Morgan fingerprint density at radius 1 is 1.40 bits per heavy atom. The van der Waals surface area contributed by atoms with E-state index >= 15 is 0 Å². The Hall–Kier alpha value is -2.11. The molecule has 1 fully saturated rings. The molecule has 0 aromatic heterocycles. The zero-order valence-corrected chi connectivity index (χ0v) is 11.2. The smallest absolute Gasteiger partial charge is 0.282 e. The number of rotatable bonds is 5. The SMILES string of the molecule is O=C(NCCC1CCCC1)c1cc(O)ccc1[N+](=O)[O-]. The van der Waals surface area contributed by atoms with Gasteiger partial charge in [-0.3, -0.25) is 14.9 Å². The van der Waals surface area contributed by atoms with Gasteiger partial charge in [0.1, 0.15) is 11.3 Å². The fraction of sp³-hybridized carbons (Fsp3) is 0.500. The number of hydrogen-bond acceptors (Lipinski definition) is 4. The predicted octanol–water partition coefficient (Wildman–Crippen LogP) is 2.61. The fourth-order valence-corrected chi connectivity index (χ4v) is 2.65. The van der Waals surface area contributed by atoms with Crippen molar-refractivity contribution in [2.24, 2.45) is 5.92 Å². The lowest BCUT2D eigenvalue weighted by Crippen LogP contribution is -2.26. The first-order valence-corrected chi connectivity index (χ1v) is 6.83. The number of nitro benzene ring substituents is 1. The maximum atomic E-state index is 12.0. The van der Waals surface area contributed by atoms with Crippen molar-refractivity contribution < 1.29 is 14.8 Å². The first-order valence-electron chi connectivity index (χ1n) is 6.83. The number of carbonyl (C=O) groups excluding carboxylic acids is 1. The molecule has 20 heavy (non-hydrogen) atoms. The summed E-state index contributed by atoms with van der Waals surface area (Å²) in [5.74, 6) is -0.0170. The van der Waals surface area contributed by atoms with E-state index in [0.29, 0.717) is 12.5 Å². The molecular formula is C14H18N2O4. The number of carbonyl (C=O) groups is 1. The molecule has 1 aromatic carbocycles. The maximum Gasteiger partial charge on any atom is 0.282 e. The maximum absolute atomic E-state index is 12.0. The van der Waals surface area contributed by atoms with Crippen molar-refractivity contribution >= 4 is 11.6 Å². The van der Waals surface area contributed by atoms with E-state index in [1.165, 1.54) is 31.7 Å². The Kier molecular flexibility index (Phi) is 4.55. The Balaban J connectivity index is 1.97. The molecule has 2 N–H and O–H groups in total. The molecule has 1 saturated carbocycles. The van der Waals surface area contributed by atoms with Crippen LogP contribution in [0.15, 0.2) is 18.2 Å². The number of nitrogens with one attached hydrogen (secondary N) is 1. The van der Waals surface area contributed by atoms with Crippen molar-refractivity contribution in [3.8, 4) is 5.75 Å². The van der Waals surface area contributed by atoms with Crippen LogP contribution in [0, 0.1) is 16.0 Å². The van der Waals surface area contributed by atoms with Crippen LogP contribution in [0.1, 0.15) is 42.5 Å². The Morgan fingerprint density at radius 2 is 2.10 bits per heavy atom. The highest BCUT2D eigenvalue weighted by Gasteiger charge is 2.21.